The van der Waals surface area contributed by atoms with Gasteiger partial charge in [-0.25, -0.2) is 0 Å². The molecule has 0 radical (unpaired) electrons. The Morgan fingerprint density at radius 2 is 1.00 bits per heavy atom. The van der Waals surface area contributed by atoms with E-state index in [1.807, 2.05) is 55.4 Å². The summed E-state index contributed by atoms with van der Waals surface area (Å²) in [4.78, 5) is 0. The summed E-state index contributed by atoms with van der Waals surface area (Å²) < 4.78 is 35.9. The molecule has 0 unspecified atom stereocenters. The van der Waals surface area contributed by atoms with Crippen LogP contribution >= 0.6 is 0 Å². The fraction of sp³-hybridized carbons (Fsp3) is 0.805. The largest absolute Gasteiger partial charge is 0.509 e. The fourth-order valence-electron chi connectivity index (χ4n) is 7.17. The minimum atomic E-state index is -0.470. The zero-order chi connectivity index (χ0) is 31.8. The lowest BCUT2D eigenvalue weighted by molar-refractivity contribution is -0.553. The first-order chi connectivity index (χ1) is 20.6. The van der Waals surface area contributed by atoms with E-state index in [0.29, 0.717) is 6.61 Å². The van der Waals surface area contributed by atoms with E-state index in [-0.39, 0.29) is 50.1 Å². The Labute approximate surface area is 300 Å². The van der Waals surface area contributed by atoms with Crippen molar-refractivity contribution in [1.82, 2.24) is 0 Å². The number of hydrogen-bond donors (Lipinski definition) is 0. The van der Waals surface area contributed by atoms with Crippen molar-refractivity contribution in [3.63, 3.8) is 0 Å². The topological polar surface area (TPSA) is 68.8 Å². The van der Waals surface area contributed by atoms with Crippen LogP contribution in [0.2, 0.25) is 0 Å². The van der Waals surface area contributed by atoms with Crippen LogP contribution in [0.4, 0.5) is 0 Å². The summed E-state index contributed by atoms with van der Waals surface area (Å²) >= 11 is 0. The summed E-state index contributed by atoms with van der Waals surface area (Å²) in [5.41, 5.74) is -0.470. The fourth-order valence-corrected chi connectivity index (χ4v) is 7.17. The molecule has 7 nitrogen and oxygen atoms in total. The van der Waals surface area contributed by atoms with Gasteiger partial charge in [0.15, 0.2) is 11.6 Å². The minimum absolute atomic E-state index is 0. The van der Waals surface area contributed by atoms with E-state index in [1.165, 1.54) is 7.11 Å². The third-order valence-electron chi connectivity index (χ3n) is 8.64. The van der Waals surface area contributed by atoms with Crippen LogP contribution in [0.25, 0.3) is 0 Å². The SMILES string of the molecule is C.C.C.C.C.C1CCC(C(C2CCCC2)C2CCCC2)C1.CC.COCC(C)(C)O[C-]1OC(C)=CC(C)=[O+]1.CO[C-]1OC(C)=CC(C)=[O+]1. The third-order valence-corrected chi connectivity index (χ3v) is 8.64. The minimum Gasteiger partial charge on any atom is -0.455 e. The van der Waals surface area contributed by atoms with Gasteiger partial charge >= 0.3 is 13.0 Å². The normalized spacial score (nSPS) is 19.1. The van der Waals surface area contributed by atoms with Crippen LogP contribution in [0, 0.1) is 36.6 Å². The molecule has 0 spiro atoms. The highest BCUT2D eigenvalue weighted by Crippen LogP contribution is 2.49. The smallest absolute Gasteiger partial charge is 0.455 e. The molecule has 0 aromatic heterocycles. The lowest BCUT2D eigenvalue weighted by Gasteiger charge is -2.34. The molecule has 48 heavy (non-hydrogen) atoms. The molecule has 5 rings (SSSR count). The Hall–Kier alpha value is -1.96. The van der Waals surface area contributed by atoms with Gasteiger partial charge in [0.1, 0.15) is 0 Å². The third kappa shape index (κ3) is 18.7. The van der Waals surface area contributed by atoms with Crippen LogP contribution < -0.4 is 0 Å². The predicted molar refractivity (Wildman–Crippen MR) is 206 cm³/mol. The molecule has 3 fully saturated rings. The average Bonchev–Trinajstić information content (AvgIpc) is 3.75. The number of allylic oxidation sites excluding steroid dienone is 4. The molecule has 0 bridgehead atoms. The molecule has 2 heterocycles. The van der Waals surface area contributed by atoms with Gasteiger partial charge in [-0.05, 0) is 77.4 Å². The number of hydrogen-bond acceptors (Lipinski definition) is 5. The Balaban J connectivity index is -0.000000286. The molecular formula is C41H82O7. The van der Waals surface area contributed by atoms with Crippen LogP contribution in [0.15, 0.2) is 23.7 Å². The molecule has 0 N–H and O–H groups in total. The van der Waals surface area contributed by atoms with Crippen molar-refractivity contribution in [3.05, 3.63) is 36.6 Å². The molecular weight excluding hydrogens is 604 g/mol. The molecule has 0 atom stereocenters. The van der Waals surface area contributed by atoms with Crippen LogP contribution in [0.1, 0.15) is 170 Å². The van der Waals surface area contributed by atoms with E-state index in [0.717, 1.165) is 46.8 Å². The summed E-state index contributed by atoms with van der Waals surface area (Å²) in [5.74, 6) is 7.65. The second-order valence-electron chi connectivity index (χ2n) is 12.8. The van der Waals surface area contributed by atoms with E-state index >= 15 is 0 Å². The van der Waals surface area contributed by atoms with Crippen molar-refractivity contribution in [3.8, 4) is 0 Å². The van der Waals surface area contributed by atoms with E-state index in [9.17, 15) is 0 Å². The zero-order valence-electron chi connectivity index (χ0n) is 29.0. The average molecular weight is 687 g/mol. The molecule has 7 heteroatoms. The van der Waals surface area contributed by atoms with Gasteiger partial charge in [-0.2, -0.15) is 0 Å². The molecule has 2 aliphatic heterocycles. The molecule has 0 aromatic rings. The summed E-state index contributed by atoms with van der Waals surface area (Å²) in [6.45, 7) is 16.0. The highest BCUT2D eigenvalue weighted by atomic mass is 16.8. The zero-order valence-corrected chi connectivity index (χ0v) is 29.0. The molecule has 0 aromatic carbocycles. The van der Waals surface area contributed by atoms with E-state index < -0.39 is 5.60 Å². The van der Waals surface area contributed by atoms with Crippen molar-refractivity contribution >= 4 is 11.6 Å². The maximum Gasteiger partial charge on any atom is 0.509 e. The van der Waals surface area contributed by atoms with Gasteiger partial charge in [-0.15, -0.1) is 0 Å². The molecule has 0 amide bonds. The van der Waals surface area contributed by atoms with Gasteiger partial charge in [0.25, 0.3) is 0 Å². The van der Waals surface area contributed by atoms with E-state index in [2.05, 4.69) is 0 Å². The Bertz CT molecular complexity index is 864. The van der Waals surface area contributed by atoms with Crippen LogP contribution in [0.3, 0.4) is 0 Å². The van der Waals surface area contributed by atoms with E-state index in [4.69, 9.17) is 32.5 Å². The van der Waals surface area contributed by atoms with Gasteiger partial charge in [0.2, 0.25) is 0 Å². The summed E-state index contributed by atoms with van der Waals surface area (Å²) in [7, 11) is 3.13. The summed E-state index contributed by atoms with van der Waals surface area (Å²) in [6, 6.07) is 0. The van der Waals surface area contributed by atoms with Gasteiger partial charge in [-0.3, -0.25) is 0 Å². The Morgan fingerprint density at radius 1 is 0.667 bits per heavy atom. The number of ether oxygens (including phenoxy) is 5. The first kappa shape index (κ1) is 52.8. The maximum atomic E-state index is 5.55. The second-order valence-corrected chi connectivity index (χ2v) is 12.8. The van der Waals surface area contributed by atoms with Crippen molar-refractivity contribution in [2.75, 3.05) is 20.8 Å². The molecule has 3 aliphatic carbocycles. The van der Waals surface area contributed by atoms with Gasteiger partial charge < -0.3 is 32.5 Å². The maximum absolute atomic E-state index is 5.55. The van der Waals surface area contributed by atoms with Crippen molar-refractivity contribution in [2.45, 2.75) is 175 Å². The van der Waals surface area contributed by atoms with E-state index in [1.54, 1.807) is 96.3 Å². The van der Waals surface area contributed by atoms with Crippen molar-refractivity contribution in [2.24, 2.45) is 23.7 Å². The quantitative estimate of drug-likeness (QED) is 0.188. The number of ketones is 2. The first-order valence-electron chi connectivity index (χ1n) is 16.8. The van der Waals surface area contributed by atoms with Crippen molar-refractivity contribution < 1.29 is 32.5 Å². The Kier molecular flexibility index (Phi) is 30.6. The van der Waals surface area contributed by atoms with Gasteiger partial charge in [-0.1, -0.05) is 128 Å². The van der Waals surface area contributed by atoms with Crippen LogP contribution in [-0.4, -0.2) is 38.0 Å². The monoisotopic (exact) mass is 687 g/mol. The van der Waals surface area contributed by atoms with Gasteiger partial charge in [0, 0.05) is 14.2 Å². The number of methoxy groups -OCH3 is 2. The van der Waals surface area contributed by atoms with Crippen LogP contribution in [-0.2, 0) is 32.5 Å². The lowest BCUT2D eigenvalue weighted by Crippen LogP contribution is -2.34. The van der Waals surface area contributed by atoms with Crippen LogP contribution in [0.5, 0.6) is 0 Å². The molecule has 5 aliphatic rings. The standard InChI is InChI=1S/C16H28.C11H18O4.C7H10O3.C2H6.5CH4/c1-2-8-13(7-1)16(14-9-3-4-10-14)15-11-5-6-12-15;1-8-6-9(2)14-10(13-8)15-11(3,4)7-12-5;1-5-4-6(2)10-7(8-3)9-5;1-2;;;;;/h13-16H,1-12H2;6H,7H2,1-5H3;4H,1-3H3;1-2H3;5*1H4. The summed E-state index contributed by atoms with van der Waals surface area (Å²) in [5, 5.41) is 0. The molecule has 0 saturated heterocycles. The number of rotatable bonds is 8. The lowest BCUT2D eigenvalue weighted by atomic mass is 9.71. The molecule has 3 saturated carbocycles. The highest BCUT2D eigenvalue weighted by Gasteiger charge is 2.38. The first-order valence-corrected chi connectivity index (χ1v) is 16.8. The predicted octanol–water partition coefficient (Wildman–Crippen LogP) is 12.5. The van der Waals surface area contributed by atoms with Gasteiger partial charge in [0.05, 0.1) is 23.7 Å². The highest BCUT2D eigenvalue weighted by molar-refractivity contribution is 5.88. The number of carbonyl (C=O) groups excluding carboxylic acids is 2. The van der Waals surface area contributed by atoms with Crippen molar-refractivity contribution in [1.29, 1.82) is 0 Å². The summed E-state index contributed by atoms with van der Waals surface area (Å²) in [6.07, 6.45) is 22.3. The second kappa shape index (κ2) is 27.8. The Morgan fingerprint density at radius 3 is 1.31 bits per heavy atom. The molecule has 288 valence electrons.